The molecule has 0 aliphatic carbocycles. The molecule has 3 aromatic rings. The second-order valence-electron chi connectivity index (χ2n) is 7.27. The molecule has 0 bridgehead atoms. The standard InChI is InChI=1S/C22H22ClN3O2/c1-25-20-5-3-2-4-16(20)11-17(22(25)28)13-24-12-15-10-21(27)26(14-15)19-8-6-18(23)7-9-19/h2-9,11,15,24H,10,12-14H2,1H3. The number of pyridine rings is 1. The van der Waals surface area contributed by atoms with Crippen LogP contribution in [-0.2, 0) is 18.4 Å². The number of fused-ring (bicyclic) bond motifs is 1. The van der Waals surface area contributed by atoms with Crippen LogP contribution in [0.25, 0.3) is 10.9 Å². The minimum absolute atomic E-state index is 0.0106. The zero-order valence-electron chi connectivity index (χ0n) is 15.7. The third-order valence-corrected chi connectivity index (χ3v) is 5.55. The Morgan fingerprint density at radius 2 is 1.86 bits per heavy atom. The van der Waals surface area contributed by atoms with Gasteiger partial charge in [-0.3, -0.25) is 9.59 Å². The summed E-state index contributed by atoms with van der Waals surface area (Å²) in [7, 11) is 1.80. The van der Waals surface area contributed by atoms with Gasteiger partial charge in [0.15, 0.2) is 0 Å². The Hall–Kier alpha value is -2.63. The van der Waals surface area contributed by atoms with Crippen LogP contribution in [-0.4, -0.2) is 23.6 Å². The smallest absolute Gasteiger partial charge is 0.255 e. The number of nitrogens with zero attached hydrogens (tertiary/aromatic N) is 2. The number of nitrogens with one attached hydrogen (secondary N) is 1. The molecule has 1 amide bonds. The number of halogens is 1. The molecule has 1 atom stereocenters. The highest BCUT2D eigenvalue weighted by atomic mass is 35.5. The first-order valence-corrected chi connectivity index (χ1v) is 9.75. The zero-order chi connectivity index (χ0) is 19.7. The van der Waals surface area contributed by atoms with Gasteiger partial charge < -0.3 is 14.8 Å². The van der Waals surface area contributed by atoms with Gasteiger partial charge in [-0.15, -0.1) is 0 Å². The van der Waals surface area contributed by atoms with Crippen molar-refractivity contribution in [2.24, 2.45) is 13.0 Å². The summed E-state index contributed by atoms with van der Waals surface area (Å²) in [6.07, 6.45) is 0.505. The van der Waals surface area contributed by atoms with Gasteiger partial charge in [-0.25, -0.2) is 0 Å². The molecule has 4 rings (SSSR count). The first-order chi connectivity index (χ1) is 13.5. The van der Waals surface area contributed by atoms with Gasteiger partial charge in [0.1, 0.15) is 0 Å². The lowest BCUT2D eigenvalue weighted by atomic mass is 10.1. The molecule has 1 N–H and O–H groups in total. The van der Waals surface area contributed by atoms with Gasteiger partial charge in [-0.05, 0) is 47.7 Å². The summed E-state index contributed by atoms with van der Waals surface area (Å²) in [5, 5.41) is 5.07. The lowest BCUT2D eigenvalue weighted by Gasteiger charge is -2.17. The Balaban J connectivity index is 1.40. The normalized spacial score (nSPS) is 16.9. The number of benzene rings is 2. The molecule has 28 heavy (non-hydrogen) atoms. The molecule has 0 saturated carbocycles. The van der Waals surface area contributed by atoms with E-state index in [1.807, 2.05) is 42.5 Å². The molecule has 6 heteroatoms. The van der Waals surface area contributed by atoms with Crippen molar-refractivity contribution in [1.82, 2.24) is 9.88 Å². The second-order valence-corrected chi connectivity index (χ2v) is 7.71. The Bertz CT molecular complexity index is 1080. The fraction of sp³-hybridized carbons (Fsp3) is 0.273. The van der Waals surface area contributed by atoms with E-state index in [-0.39, 0.29) is 17.4 Å². The highest BCUT2D eigenvalue weighted by molar-refractivity contribution is 6.30. The summed E-state index contributed by atoms with van der Waals surface area (Å²) < 4.78 is 1.69. The Labute approximate surface area is 168 Å². The molecule has 0 spiro atoms. The van der Waals surface area contributed by atoms with Gasteiger partial charge >= 0.3 is 0 Å². The zero-order valence-corrected chi connectivity index (χ0v) is 16.4. The third kappa shape index (κ3) is 3.68. The molecule has 144 valence electrons. The number of aryl methyl sites for hydroxylation is 1. The van der Waals surface area contributed by atoms with Crippen LogP contribution in [0.2, 0.25) is 5.02 Å². The minimum atomic E-state index is 0.0106. The fourth-order valence-corrected chi connectivity index (χ4v) is 3.94. The number of carbonyl (C=O) groups is 1. The van der Waals surface area contributed by atoms with Crippen LogP contribution in [0, 0.1) is 5.92 Å². The van der Waals surface area contributed by atoms with E-state index < -0.39 is 0 Å². The van der Waals surface area contributed by atoms with Gasteiger partial charge in [-0.2, -0.15) is 0 Å². The van der Waals surface area contributed by atoms with E-state index in [1.165, 1.54) is 0 Å². The quantitative estimate of drug-likeness (QED) is 0.721. The summed E-state index contributed by atoms with van der Waals surface area (Å²) in [5.41, 5.74) is 2.55. The summed E-state index contributed by atoms with van der Waals surface area (Å²) in [6, 6.07) is 17.1. The number of para-hydroxylation sites is 1. The topological polar surface area (TPSA) is 54.3 Å². The van der Waals surface area contributed by atoms with Gasteiger partial charge in [0, 0.05) is 49.4 Å². The molecule has 0 radical (unpaired) electrons. The highest BCUT2D eigenvalue weighted by Crippen LogP contribution is 2.26. The average Bonchev–Trinajstić information content (AvgIpc) is 3.07. The van der Waals surface area contributed by atoms with Crippen molar-refractivity contribution in [2.45, 2.75) is 13.0 Å². The first-order valence-electron chi connectivity index (χ1n) is 9.37. The molecule has 2 heterocycles. The molecule has 2 aromatic carbocycles. The van der Waals surface area contributed by atoms with Crippen molar-refractivity contribution in [3.8, 4) is 0 Å². The summed E-state index contributed by atoms with van der Waals surface area (Å²) >= 11 is 5.93. The molecule has 5 nitrogen and oxygen atoms in total. The van der Waals surface area contributed by atoms with Crippen LogP contribution >= 0.6 is 11.6 Å². The van der Waals surface area contributed by atoms with Crippen LogP contribution in [0.1, 0.15) is 12.0 Å². The van der Waals surface area contributed by atoms with Crippen molar-refractivity contribution in [1.29, 1.82) is 0 Å². The molecule has 1 aliphatic rings. The number of hydrogen-bond donors (Lipinski definition) is 1. The monoisotopic (exact) mass is 395 g/mol. The number of amides is 1. The minimum Gasteiger partial charge on any atom is -0.312 e. The van der Waals surface area contributed by atoms with Crippen molar-refractivity contribution in [3.63, 3.8) is 0 Å². The summed E-state index contributed by atoms with van der Waals surface area (Å²) in [5.74, 6) is 0.336. The molecular weight excluding hydrogens is 374 g/mol. The highest BCUT2D eigenvalue weighted by Gasteiger charge is 2.30. The Morgan fingerprint density at radius 3 is 2.64 bits per heavy atom. The Kier molecular flexibility index (Phi) is 5.20. The largest absolute Gasteiger partial charge is 0.312 e. The SMILES string of the molecule is Cn1c(=O)c(CNCC2CC(=O)N(c3ccc(Cl)cc3)C2)cc2ccccc21. The molecule has 1 aromatic heterocycles. The lowest BCUT2D eigenvalue weighted by Crippen LogP contribution is -2.30. The van der Waals surface area contributed by atoms with Crippen molar-refractivity contribution < 1.29 is 4.79 Å². The lowest BCUT2D eigenvalue weighted by molar-refractivity contribution is -0.117. The average molecular weight is 396 g/mol. The summed E-state index contributed by atoms with van der Waals surface area (Å²) in [4.78, 5) is 26.7. The van der Waals surface area contributed by atoms with Gasteiger partial charge in [0.25, 0.3) is 5.56 Å². The van der Waals surface area contributed by atoms with Crippen molar-refractivity contribution >= 4 is 34.1 Å². The second kappa shape index (κ2) is 7.78. The van der Waals surface area contributed by atoms with E-state index in [1.54, 1.807) is 28.6 Å². The number of anilines is 1. The van der Waals surface area contributed by atoms with Gasteiger partial charge in [0.05, 0.1) is 5.52 Å². The number of rotatable bonds is 5. The van der Waals surface area contributed by atoms with E-state index in [2.05, 4.69) is 5.32 Å². The maximum atomic E-state index is 12.6. The van der Waals surface area contributed by atoms with E-state index >= 15 is 0 Å². The predicted molar refractivity (Wildman–Crippen MR) is 113 cm³/mol. The Morgan fingerprint density at radius 1 is 1.11 bits per heavy atom. The maximum absolute atomic E-state index is 12.6. The van der Waals surface area contributed by atoms with E-state index in [4.69, 9.17) is 11.6 Å². The van der Waals surface area contributed by atoms with Crippen LogP contribution < -0.4 is 15.8 Å². The van der Waals surface area contributed by atoms with Crippen molar-refractivity contribution in [2.75, 3.05) is 18.0 Å². The van der Waals surface area contributed by atoms with Gasteiger partial charge in [0.2, 0.25) is 5.91 Å². The first kappa shape index (κ1) is 18.7. The third-order valence-electron chi connectivity index (χ3n) is 5.30. The van der Waals surface area contributed by atoms with Crippen LogP contribution in [0.3, 0.4) is 0 Å². The molecule has 1 unspecified atom stereocenters. The van der Waals surface area contributed by atoms with E-state index in [0.717, 1.165) is 22.2 Å². The van der Waals surface area contributed by atoms with Gasteiger partial charge in [-0.1, -0.05) is 29.8 Å². The summed E-state index contributed by atoms with van der Waals surface area (Å²) in [6.45, 7) is 1.85. The molecule has 1 fully saturated rings. The number of hydrogen-bond acceptors (Lipinski definition) is 3. The van der Waals surface area contributed by atoms with Crippen LogP contribution in [0.5, 0.6) is 0 Å². The number of carbonyl (C=O) groups excluding carboxylic acids is 1. The number of aromatic nitrogens is 1. The van der Waals surface area contributed by atoms with Crippen molar-refractivity contribution in [3.05, 3.63) is 75.5 Å². The predicted octanol–water partition coefficient (Wildman–Crippen LogP) is 3.33. The van der Waals surface area contributed by atoms with Crippen LogP contribution in [0.4, 0.5) is 5.69 Å². The van der Waals surface area contributed by atoms with E-state index in [9.17, 15) is 9.59 Å². The maximum Gasteiger partial charge on any atom is 0.255 e. The molecule has 1 saturated heterocycles. The molecular formula is C22H22ClN3O2. The molecule has 1 aliphatic heterocycles. The van der Waals surface area contributed by atoms with Crippen LogP contribution in [0.15, 0.2) is 59.4 Å². The van der Waals surface area contributed by atoms with E-state index in [0.29, 0.717) is 31.1 Å². The fourth-order valence-electron chi connectivity index (χ4n) is 3.82.